The third-order valence-electron chi connectivity index (χ3n) is 2.80. The van der Waals surface area contributed by atoms with Gasteiger partial charge in [0.2, 0.25) is 11.7 Å². The van der Waals surface area contributed by atoms with Gasteiger partial charge in [0.1, 0.15) is 5.52 Å². The van der Waals surface area contributed by atoms with Gasteiger partial charge in [0.15, 0.2) is 11.3 Å². The lowest BCUT2D eigenvalue weighted by Gasteiger charge is -1.89. The topological polar surface area (TPSA) is 78.1 Å². The number of thioether (sulfide) groups is 1. The highest BCUT2D eigenvalue weighted by Crippen LogP contribution is 2.26. The molecular formula is C14H9N3O3S. The molecule has 0 unspecified atom stereocenters. The Morgan fingerprint density at radius 1 is 1.05 bits per heavy atom. The fraction of sp³-hybridized carbons (Fsp3) is 0.0714. The fourth-order valence-electron chi connectivity index (χ4n) is 1.86. The summed E-state index contributed by atoms with van der Waals surface area (Å²) < 4.78 is 16.0. The van der Waals surface area contributed by atoms with Gasteiger partial charge in [-0.1, -0.05) is 29.1 Å². The molecule has 0 bridgehead atoms. The normalized spacial score (nSPS) is 11.2. The Morgan fingerprint density at radius 3 is 2.86 bits per heavy atom. The molecule has 0 spiro atoms. The van der Waals surface area contributed by atoms with Crippen molar-refractivity contribution in [1.82, 2.24) is 15.1 Å². The molecule has 0 saturated heterocycles. The summed E-state index contributed by atoms with van der Waals surface area (Å²) in [5, 5.41) is 4.45. The molecule has 0 atom stereocenters. The van der Waals surface area contributed by atoms with E-state index in [1.165, 1.54) is 11.8 Å². The Kier molecular flexibility index (Phi) is 2.97. The van der Waals surface area contributed by atoms with Crippen molar-refractivity contribution in [1.29, 1.82) is 0 Å². The molecule has 0 N–H and O–H groups in total. The maximum absolute atomic E-state index is 5.61. The molecule has 0 fully saturated rings. The first-order valence-electron chi connectivity index (χ1n) is 6.23. The van der Waals surface area contributed by atoms with Crippen molar-refractivity contribution in [2.75, 3.05) is 0 Å². The van der Waals surface area contributed by atoms with E-state index in [2.05, 4.69) is 15.1 Å². The fourth-order valence-corrected chi connectivity index (χ4v) is 2.53. The Bertz CT molecular complexity index is 834. The van der Waals surface area contributed by atoms with E-state index >= 15 is 0 Å². The van der Waals surface area contributed by atoms with Gasteiger partial charge in [0.05, 0.1) is 12.0 Å². The third-order valence-corrected chi connectivity index (χ3v) is 3.62. The van der Waals surface area contributed by atoms with Crippen LogP contribution in [0.1, 0.15) is 5.89 Å². The second kappa shape index (κ2) is 5.10. The largest absolute Gasteiger partial charge is 0.461 e. The van der Waals surface area contributed by atoms with E-state index in [0.717, 1.165) is 11.1 Å². The molecule has 1 aromatic carbocycles. The number of oxazole rings is 1. The van der Waals surface area contributed by atoms with Crippen molar-refractivity contribution in [2.24, 2.45) is 0 Å². The second-order valence-corrected chi connectivity index (χ2v) is 5.15. The molecule has 3 aromatic heterocycles. The summed E-state index contributed by atoms with van der Waals surface area (Å²) in [6, 6.07) is 11.2. The van der Waals surface area contributed by atoms with Crippen LogP contribution in [0.15, 0.2) is 61.2 Å². The number of hydrogen-bond acceptors (Lipinski definition) is 7. The SMILES string of the molecule is c1coc(-c2noc(CSc3nc4ccccc4o3)n2)c1. The Hall–Kier alpha value is -2.54. The first-order valence-corrected chi connectivity index (χ1v) is 7.22. The predicted octanol–water partition coefficient (Wildman–Crippen LogP) is 3.76. The van der Waals surface area contributed by atoms with Gasteiger partial charge < -0.3 is 13.4 Å². The van der Waals surface area contributed by atoms with Gasteiger partial charge in [0.25, 0.3) is 5.22 Å². The van der Waals surface area contributed by atoms with Crippen molar-refractivity contribution in [3.63, 3.8) is 0 Å². The lowest BCUT2D eigenvalue weighted by Crippen LogP contribution is -1.81. The molecule has 104 valence electrons. The van der Waals surface area contributed by atoms with Gasteiger partial charge >= 0.3 is 0 Å². The quantitative estimate of drug-likeness (QED) is 0.531. The number of rotatable bonds is 4. The third kappa shape index (κ3) is 2.43. The average Bonchev–Trinajstić information content (AvgIpc) is 3.23. The van der Waals surface area contributed by atoms with Crippen LogP contribution in [0.2, 0.25) is 0 Å². The summed E-state index contributed by atoms with van der Waals surface area (Å²) in [6.07, 6.45) is 1.57. The Labute approximate surface area is 123 Å². The molecule has 3 heterocycles. The van der Waals surface area contributed by atoms with Crippen molar-refractivity contribution in [3.05, 3.63) is 48.6 Å². The summed E-state index contributed by atoms with van der Waals surface area (Å²) in [5.74, 6) is 2.00. The molecule has 4 aromatic rings. The molecule has 0 aliphatic rings. The highest BCUT2D eigenvalue weighted by molar-refractivity contribution is 7.98. The van der Waals surface area contributed by atoms with Crippen LogP contribution < -0.4 is 0 Å². The zero-order chi connectivity index (χ0) is 14.1. The van der Waals surface area contributed by atoms with E-state index in [1.54, 1.807) is 18.4 Å². The van der Waals surface area contributed by atoms with Crippen LogP contribution in [0.4, 0.5) is 0 Å². The summed E-state index contributed by atoms with van der Waals surface area (Å²) in [7, 11) is 0. The molecule has 0 radical (unpaired) electrons. The molecule has 0 saturated carbocycles. The summed E-state index contributed by atoms with van der Waals surface area (Å²) in [4.78, 5) is 8.63. The van der Waals surface area contributed by atoms with Gasteiger partial charge in [-0.05, 0) is 24.3 Å². The summed E-state index contributed by atoms with van der Waals surface area (Å²) in [5.41, 5.74) is 1.60. The van der Waals surface area contributed by atoms with Crippen molar-refractivity contribution >= 4 is 22.9 Å². The van der Waals surface area contributed by atoms with Crippen LogP contribution in [0.25, 0.3) is 22.7 Å². The lowest BCUT2D eigenvalue weighted by atomic mass is 10.3. The number of furan rings is 1. The first kappa shape index (κ1) is 12.2. The van der Waals surface area contributed by atoms with E-state index in [0.29, 0.717) is 28.5 Å². The highest BCUT2D eigenvalue weighted by atomic mass is 32.2. The zero-order valence-corrected chi connectivity index (χ0v) is 11.5. The molecule has 0 aliphatic carbocycles. The zero-order valence-electron chi connectivity index (χ0n) is 10.7. The smallest absolute Gasteiger partial charge is 0.257 e. The van der Waals surface area contributed by atoms with Crippen LogP contribution in [0.5, 0.6) is 0 Å². The van der Waals surface area contributed by atoms with Gasteiger partial charge in [0, 0.05) is 0 Å². The van der Waals surface area contributed by atoms with E-state index in [-0.39, 0.29) is 0 Å². The van der Waals surface area contributed by atoms with Gasteiger partial charge in [-0.3, -0.25) is 0 Å². The number of benzene rings is 1. The van der Waals surface area contributed by atoms with Crippen LogP contribution >= 0.6 is 11.8 Å². The van der Waals surface area contributed by atoms with Gasteiger partial charge in [-0.25, -0.2) is 4.98 Å². The minimum atomic E-state index is 0.438. The van der Waals surface area contributed by atoms with Crippen molar-refractivity contribution in [3.8, 4) is 11.6 Å². The van der Waals surface area contributed by atoms with Crippen LogP contribution in [-0.2, 0) is 5.75 Å². The number of aromatic nitrogens is 3. The standard InChI is InChI=1S/C14H9N3O3S/c1-2-5-10-9(4-1)15-14(19-10)21-8-12-16-13(17-20-12)11-6-3-7-18-11/h1-7H,8H2. The van der Waals surface area contributed by atoms with Crippen molar-refractivity contribution < 1.29 is 13.4 Å². The molecule has 4 rings (SSSR count). The minimum Gasteiger partial charge on any atom is -0.461 e. The molecule has 0 amide bonds. The average molecular weight is 299 g/mol. The first-order chi connectivity index (χ1) is 10.4. The molecular weight excluding hydrogens is 290 g/mol. The van der Waals surface area contributed by atoms with E-state index in [4.69, 9.17) is 13.4 Å². The van der Waals surface area contributed by atoms with E-state index < -0.39 is 0 Å². The number of nitrogens with zero attached hydrogens (tertiary/aromatic N) is 3. The number of fused-ring (bicyclic) bond motifs is 1. The van der Waals surface area contributed by atoms with Crippen molar-refractivity contribution in [2.45, 2.75) is 11.0 Å². The Morgan fingerprint density at radius 2 is 2.00 bits per heavy atom. The monoisotopic (exact) mass is 299 g/mol. The maximum atomic E-state index is 5.61. The van der Waals surface area contributed by atoms with Gasteiger partial charge in [-0.2, -0.15) is 4.98 Å². The minimum absolute atomic E-state index is 0.438. The lowest BCUT2D eigenvalue weighted by molar-refractivity contribution is 0.389. The van der Waals surface area contributed by atoms with Crippen LogP contribution in [0.3, 0.4) is 0 Å². The van der Waals surface area contributed by atoms with Crippen LogP contribution in [0, 0.1) is 0 Å². The molecule has 21 heavy (non-hydrogen) atoms. The van der Waals surface area contributed by atoms with E-state index in [1.807, 2.05) is 24.3 Å². The predicted molar refractivity (Wildman–Crippen MR) is 75.6 cm³/mol. The number of hydrogen-bond donors (Lipinski definition) is 0. The molecule has 0 aliphatic heterocycles. The summed E-state index contributed by atoms with van der Waals surface area (Å²) in [6.45, 7) is 0. The maximum Gasteiger partial charge on any atom is 0.257 e. The Balaban J connectivity index is 1.49. The summed E-state index contributed by atoms with van der Waals surface area (Å²) >= 11 is 1.41. The van der Waals surface area contributed by atoms with E-state index in [9.17, 15) is 0 Å². The molecule has 6 nitrogen and oxygen atoms in total. The number of para-hydroxylation sites is 2. The highest BCUT2D eigenvalue weighted by Gasteiger charge is 2.13. The van der Waals surface area contributed by atoms with Crippen LogP contribution in [-0.4, -0.2) is 15.1 Å². The van der Waals surface area contributed by atoms with Gasteiger partial charge in [-0.15, -0.1) is 0 Å². The molecule has 7 heteroatoms. The second-order valence-electron chi connectivity index (χ2n) is 4.23.